The van der Waals surface area contributed by atoms with E-state index in [1.54, 1.807) is 12.1 Å². The molecule has 0 aliphatic carbocycles. The standard InChI is InChI=1S/C20H15FN2/c1-14-3-2-4-15(11-14)16-5-10-20-17(12-16)13-22-23(20)19-8-6-18(21)7-9-19/h2-13H,1H3. The first kappa shape index (κ1) is 13.7. The highest BCUT2D eigenvalue weighted by Gasteiger charge is 2.07. The van der Waals surface area contributed by atoms with E-state index in [1.165, 1.54) is 28.8 Å². The topological polar surface area (TPSA) is 17.8 Å². The molecule has 2 nitrogen and oxygen atoms in total. The third-order valence-electron chi connectivity index (χ3n) is 3.99. The molecular weight excluding hydrogens is 287 g/mol. The van der Waals surface area contributed by atoms with Crippen LogP contribution in [0.1, 0.15) is 5.56 Å². The van der Waals surface area contributed by atoms with Crippen LogP contribution < -0.4 is 0 Å². The molecule has 0 aliphatic rings. The lowest BCUT2D eigenvalue weighted by molar-refractivity contribution is 0.627. The minimum absolute atomic E-state index is 0.244. The molecule has 0 bridgehead atoms. The molecule has 0 amide bonds. The fraction of sp³-hybridized carbons (Fsp3) is 0.0500. The molecule has 0 N–H and O–H groups in total. The largest absolute Gasteiger partial charge is 0.233 e. The van der Waals surface area contributed by atoms with Gasteiger partial charge in [-0.25, -0.2) is 9.07 Å². The van der Waals surface area contributed by atoms with Crippen molar-refractivity contribution in [3.63, 3.8) is 0 Å². The molecule has 4 rings (SSSR count). The second kappa shape index (κ2) is 5.36. The molecule has 0 radical (unpaired) electrons. The van der Waals surface area contributed by atoms with E-state index < -0.39 is 0 Å². The Balaban J connectivity index is 1.81. The molecular formula is C20H15FN2. The molecule has 0 atom stereocenters. The van der Waals surface area contributed by atoms with Gasteiger partial charge in [0.2, 0.25) is 0 Å². The second-order valence-electron chi connectivity index (χ2n) is 5.68. The van der Waals surface area contributed by atoms with Crippen LogP contribution in [0.3, 0.4) is 0 Å². The van der Waals surface area contributed by atoms with Crippen LogP contribution in [0.25, 0.3) is 27.7 Å². The highest BCUT2D eigenvalue weighted by molar-refractivity contribution is 5.85. The molecule has 0 fully saturated rings. The summed E-state index contributed by atoms with van der Waals surface area (Å²) < 4.78 is 14.9. The Hall–Kier alpha value is -2.94. The average molecular weight is 302 g/mol. The lowest BCUT2D eigenvalue weighted by Crippen LogP contribution is -1.95. The molecule has 3 heteroatoms. The third kappa shape index (κ3) is 2.50. The first-order valence-corrected chi connectivity index (χ1v) is 7.51. The molecule has 23 heavy (non-hydrogen) atoms. The summed E-state index contributed by atoms with van der Waals surface area (Å²) in [6, 6.07) is 21.1. The number of rotatable bonds is 2. The van der Waals surface area contributed by atoms with Gasteiger partial charge in [-0.05, 0) is 54.4 Å². The van der Waals surface area contributed by atoms with Crippen LogP contribution in [0.5, 0.6) is 0 Å². The summed E-state index contributed by atoms with van der Waals surface area (Å²) in [6.45, 7) is 2.09. The van der Waals surface area contributed by atoms with Gasteiger partial charge in [-0.3, -0.25) is 0 Å². The van der Waals surface area contributed by atoms with Crippen molar-refractivity contribution < 1.29 is 4.39 Å². The number of aryl methyl sites for hydroxylation is 1. The van der Waals surface area contributed by atoms with Crippen molar-refractivity contribution in [2.75, 3.05) is 0 Å². The highest BCUT2D eigenvalue weighted by atomic mass is 19.1. The summed E-state index contributed by atoms with van der Waals surface area (Å²) in [5.74, 6) is -0.244. The van der Waals surface area contributed by atoms with E-state index in [4.69, 9.17) is 0 Å². The fourth-order valence-electron chi connectivity index (χ4n) is 2.83. The molecule has 3 aromatic carbocycles. The number of nitrogens with zero attached hydrogens (tertiary/aromatic N) is 2. The molecule has 0 spiro atoms. The van der Waals surface area contributed by atoms with Crippen molar-refractivity contribution in [3.05, 3.63) is 84.3 Å². The van der Waals surface area contributed by atoms with Crippen LogP contribution in [0.4, 0.5) is 4.39 Å². The minimum Gasteiger partial charge on any atom is -0.233 e. The van der Waals surface area contributed by atoms with Gasteiger partial charge in [0.25, 0.3) is 0 Å². The van der Waals surface area contributed by atoms with E-state index in [-0.39, 0.29) is 5.82 Å². The summed E-state index contributed by atoms with van der Waals surface area (Å²) >= 11 is 0. The van der Waals surface area contributed by atoms with Gasteiger partial charge in [-0.2, -0.15) is 5.10 Å². The van der Waals surface area contributed by atoms with E-state index in [1.807, 2.05) is 10.9 Å². The molecule has 0 saturated carbocycles. The Kier molecular flexibility index (Phi) is 3.19. The number of aromatic nitrogens is 2. The van der Waals surface area contributed by atoms with Crippen LogP contribution in [0.2, 0.25) is 0 Å². The Labute approximate surface area is 133 Å². The quantitative estimate of drug-likeness (QED) is 0.501. The van der Waals surface area contributed by atoms with Gasteiger partial charge in [0.1, 0.15) is 5.82 Å². The Bertz CT molecular complexity index is 984. The first-order chi connectivity index (χ1) is 11.2. The van der Waals surface area contributed by atoms with Crippen molar-refractivity contribution >= 4 is 10.9 Å². The molecule has 112 valence electrons. The summed E-state index contributed by atoms with van der Waals surface area (Å²) in [7, 11) is 0. The van der Waals surface area contributed by atoms with Crippen molar-refractivity contribution in [1.82, 2.24) is 9.78 Å². The van der Waals surface area contributed by atoms with Crippen molar-refractivity contribution in [1.29, 1.82) is 0 Å². The number of hydrogen-bond donors (Lipinski definition) is 0. The highest BCUT2D eigenvalue weighted by Crippen LogP contribution is 2.26. The smallest absolute Gasteiger partial charge is 0.123 e. The number of hydrogen-bond acceptors (Lipinski definition) is 1. The van der Waals surface area contributed by atoms with Gasteiger partial charge in [-0.15, -0.1) is 0 Å². The van der Waals surface area contributed by atoms with E-state index in [9.17, 15) is 4.39 Å². The number of fused-ring (bicyclic) bond motifs is 1. The fourth-order valence-corrected chi connectivity index (χ4v) is 2.83. The zero-order valence-corrected chi connectivity index (χ0v) is 12.7. The summed E-state index contributed by atoms with van der Waals surface area (Å²) in [4.78, 5) is 0. The Morgan fingerprint density at radius 2 is 1.65 bits per heavy atom. The molecule has 4 aromatic rings. The lowest BCUT2D eigenvalue weighted by atomic mass is 10.0. The van der Waals surface area contributed by atoms with Crippen LogP contribution in [-0.4, -0.2) is 9.78 Å². The second-order valence-corrected chi connectivity index (χ2v) is 5.68. The molecule has 0 unspecified atom stereocenters. The maximum absolute atomic E-state index is 13.1. The van der Waals surface area contributed by atoms with Crippen molar-refractivity contribution in [2.45, 2.75) is 6.92 Å². The predicted molar refractivity (Wildman–Crippen MR) is 91.2 cm³/mol. The van der Waals surface area contributed by atoms with Crippen molar-refractivity contribution in [2.24, 2.45) is 0 Å². The number of benzene rings is 3. The molecule has 1 aromatic heterocycles. The number of halogens is 1. The van der Waals surface area contributed by atoms with Crippen LogP contribution in [0.15, 0.2) is 72.9 Å². The maximum atomic E-state index is 13.1. The van der Waals surface area contributed by atoms with Crippen LogP contribution in [-0.2, 0) is 0 Å². The predicted octanol–water partition coefficient (Wildman–Crippen LogP) is 5.14. The summed E-state index contributed by atoms with van der Waals surface area (Å²) in [6.07, 6.45) is 1.85. The summed E-state index contributed by atoms with van der Waals surface area (Å²) in [5.41, 5.74) is 5.46. The molecule has 0 aliphatic heterocycles. The van der Waals surface area contributed by atoms with Gasteiger partial charge < -0.3 is 0 Å². The van der Waals surface area contributed by atoms with Gasteiger partial charge in [0.15, 0.2) is 0 Å². The molecule has 0 saturated heterocycles. The van der Waals surface area contributed by atoms with Gasteiger partial charge in [0, 0.05) is 5.39 Å². The zero-order chi connectivity index (χ0) is 15.8. The van der Waals surface area contributed by atoms with Gasteiger partial charge >= 0.3 is 0 Å². The Morgan fingerprint density at radius 3 is 2.43 bits per heavy atom. The van der Waals surface area contributed by atoms with Gasteiger partial charge in [0.05, 0.1) is 17.4 Å². The van der Waals surface area contributed by atoms with E-state index >= 15 is 0 Å². The normalized spacial score (nSPS) is 11.0. The zero-order valence-electron chi connectivity index (χ0n) is 12.7. The lowest BCUT2D eigenvalue weighted by Gasteiger charge is -2.06. The van der Waals surface area contributed by atoms with E-state index in [0.717, 1.165) is 16.6 Å². The van der Waals surface area contributed by atoms with Gasteiger partial charge in [-0.1, -0.05) is 35.9 Å². The first-order valence-electron chi connectivity index (χ1n) is 7.51. The van der Waals surface area contributed by atoms with E-state index in [0.29, 0.717) is 0 Å². The van der Waals surface area contributed by atoms with Crippen LogP contribution in [0, 0.1) is 12.7 Å². The monoisotopic (exact) mass is 302 g/mol. The van der Waals surface area contributed by atoms with E-state index in [2.05, 4.69) is 54.5 Å². The van der Waals surface area contributed by atoms with Crippen molar-refractivity contribution in [3.8, 4) is 16.8 Å². The maximum Gasteiger partial charge on any atom is 0.123 e. The molecule has 1 heterocycles. The minimum atomic E-state index is -0.244. The SMILES string of the molecule is Cc1cccc(-c2ccc3c(cnn3-c3ccc(F)cc3)c2)c1. The summed E-state index contributed by atoms with van der Waals surface area (Å²) in [5, 5.41) is 5.51. The van der Waals surface area contributed by atoms with Crippen LogP contribution >= 0.6 is 0 Å². The average Bonchev–Trinajstić information content (AvgIpc) is 2.99. The third-order valence-corrected chi connectivity index (χ3v) is 3.99. The Morgan fingerprint density at radius 1 is 0.870 bits per heavy atom.